The molecule has 0 aromatic heterocycles. The van der Waals surface area contributed by atoms with Gasteiger partial charge in [-0.05, 0) is 44.0 Å². The van der Waals surface area contributed by atoms with Crippen molar-refractivity contribution in [2.75, 3.05) is 11.9 Å². The van der Waals surface area contributed by atoms with E-state index in [-0.39, 0.29) is 11.3 Å². The number of carbonyl (C=O) groups excluding carboxylic acids is 3. The van der Waals surface area contributed by atoms with Crippen LogP contribution in [0.4, 0.5) is 5.69 Å². The second kappa shape index (κ2) is 8.84. The number of hydrogen-bond donors (Lipinski definition) is 2. The minimum absolute atomic E-state index is 0.158. The fraction of sp³-hybridized carbons (Fsp3) is 0.250. The SMILES string of the molecule is Cc1cccc(C)c1NC(=O)[C@@H](C)OC(=O)COc1ccccc1C(N)=O. The molecule has 2 rings (SSSR count). The van der Waals surface area contributed by atoms with Crippen molar-refractivity contribution in [3.05, 3.63) is 59.2 Å². The maximum atomic E-state index is 12.3. The minimum Gasteiger partial charge on any atom is -0.481 e. The van der Waals surface area contributed by atoms with Crippen LogP contribution in [0.2, 0.25) is 0 Å². The van der Waals surface area contributed by atoms with Crippen molar-refractivity contribution in [2.45, 2.75) is 26.9 Å². The van der Waals surface area contributed by atoms with Crippen LogP contribution in [0.3, 0.4) is 0 Å². The number of anilines is 1. The molecular formula is C20H22N2O5. The molecule has 0 heterocycles. The quantitative estimate of drug-likeness (QED) is 0.728. The van der Waals surface area contributed by atoms with Crippen molar-refractivity contribution in [2.24, 2.45) is 5.73 Å². The van der Waals surface area contributed by atoms with Gasteiger partial charge in [0, 0.05) is 5.69 Å². The predicted octanol–water partition coefficient (Wildman–Crippen LogP) is 2.35. The van der Waals surface area contributed by atoms with Crippen molar-refractivity contribution in [3.63, 3.8) is 0 Å². The molecule has 0 bridgehead atoms. The monoisotopic (exact) mass is 370 g/mol. The van der Waals surface area contributed by atoms with Gasteiger partial charge in [-0.3, -0.25) is 9.59 Å². The molecule has 2 amide bonds. The molecule has 0 aliphatic carbocycles. The molecule has 142 valence electrons. The van der Waals surface area contributed by atoms with Gasteiger partial charge in [0.25, 0.3) is 11.8 Å². The number of hydrogen-bond acceptors (Lipinski definition) is 5. The van der Waals surface area contributed by atoms with Crippen LogP contribution >= 0.6 is 0 Å². The Morgan fingerprint density at radius 3 is 2.30 bits per heavy atom. The summed E-state index contributed by atoms with van der Waals surface area (Å²) in [5.74, 6) is -1.67. The van der Waals surface area contributed by atoms with Gasteiger partial charge in [0.2, 0.25) is 0 Å². The van der Waals surface area contributed by atoms with E-state index in [4.69, 9.17) is 15.2 Å². The summed E-state index contributed by atoms with van der Waals surface area (Å²) in [5, 5.41) is 2.76. The molecular weight excluding hydrogens is 348 g/mol. The van der Waals surface area contributed by atoms with Gasteiger partial charge in [-0.1, -0.05) is 30.3 Å². The molecule has 0 radical (unpaired) electrons. The molecule has 0 aliphatic heterocycles. The van der Waals surface area contributed by atoms with Gasteiger partial charge in [0.05, 0.1) is 5.56 Å². The van der Waals surface area contributed by atoms with E-state index >= 15 is 0 Å². The number of carbonyl (C=O) groups is 3. The summed E-state index contributed by atoms with van der Waals surface area (Å²) in [4.78, 5) is 35.6. The summed E-state index contributed by atoms with van der Waals surface area (Å²) in [6, 6.07) is 11.9. The smallest absolute Gasteiger partial charge is 0.344 e. The normalized spacial score (nSPS) is 11.4. The van der Waals surface area contributed by atoms with E-state index in [0.717, 1.165) is 11.1 Å². The third-order valence-corrected chi connectivity index (χ3v) is 3.90. The Kier molecular flexibility index (Phi) is 6.54. The number of primary amides is 1. The van der Waals surface area contributed by atoms with Gasteiger partial charge in [0.1, 0.15) is 5.75 Å². The lowest BCUT2D eigenvalue weighted by Crippen LogP contribution is -2.32. The molecule has 7 heteroatoms. The molecule has 3 N–H and O–H groups in total. The lowest BCUT2D eigenvalue weighted by atomic mass is 10.1. The Morgan fingerprint density at radius 1 is 1.04 bits per heavy atom. The number of nitrogens with one attached hydrogen (secondary N) is 1. The molecule has 0 unspecified atom stereocenters. The van der Waals surface area contributed by atoms with Crippen molar-refractivity contribution in [1.29, 1.82) is 0 Å². The van der Waals surface area contributed by atoms with Gasteiger partial charge >= 0.3 is 5.97 Å². The third kappa shape index (κ3) is 5.31. The Balaban J connectivity index is 1.92. The number of ether oxygens (including phenoxy) is 2. The Morgan fingerprint density at radius 2 is 1.67 bits per heavy atom. The van der Waals surface area contributed by atoms with E-state index in [0.29, 0.717) is 5.69 Å². The fourth-order valence-electron chi connectivity index (χ4n) is 2.45. The summed E-state index contributed by atoms with van der Waals surface area (Å²) >= 11 is 0. The van der Waals surface area contributed by atoms with Gasteiger partial charge < -0.3 is 20.5 Å². The van der Waals surface area contributed by atoms with E-state index in [2.05, 4.69) is 5.32 Å². The van der Waals surface area contributed by atoms with Crippen LogP contribution in [0.25, 0.3) is 0 Å². The van der Waals surface area contributed by atoms with E-state index in [9.17, 15) is 14.4 Å². The lowest BCUT2D eigenvalue weighted by molar-refractivity contribution is -0.155. The van der Waals surface area contributed by atoms with Gasteiger partial charge in [-0.25, -0.2) is 4.79 Å². The first-order valence-corrected chi connectivity index (χ1v) is 8.37. The highest BCUT2D eigenvalue weighted by Gasteiger charge is 2.20. The number of esters is 1. The van der Waals surface area contributed by atoms with Crippen molar-refractivity contribution in [3.8, 4) is 5.75 Å². The van der Waals surface area contributed by atoms with Crippen LogP contribution in [-0.4, -0.2) is 30.5 Å². The molecule has 2 aromatic rings. The predicted molar refractivity (Wildman–Crippen MR) is 101 cm³/mol. The number of rotatable bonds is 7. The summed E-state index contributed by atoms with van der Waals surface area (Å²) in [6.07, 6.45) is -1.01. The average Bonchev–Trinajstić information content (AvgIpc) is 2.63. The van der Waals surface area contributed by atoms with E-state index in [1.807, 2.05) is 32.0 Å². The zero-order valence-electron chi connectivity index (χ0n) is 15.4. The number of benzene rings is 2. The van der Waals surface area contributed by atoms with Crippen LogP contribution in [0, 0.1) is 13.8 Å². The van der Waals surface area contributed by atoms with Crippen molar-refractivity contribution < 1.29 is 23.9 Å². The van der Waals surface area contributed by atoms with Crippen molar-refractivity contribution >= 4 is 23.5 Å². The molecule has 0 spiro atoms. The standard InChI is InChI=1S/C20H22N2O5/c1-12-7-6-8-13(2)18(12)22-20(25)14(3)27-17(23)11-26-16-10-5-4-9-15(16)19(21)24/h4-10,14H,11H2,1-3H3,(H2,21,24)(H,22,25)/t14-/m1/s1. The minimum atomic E-state index is -1.01. The van der Waals surface area contributed by atoms with Crippen LogP contribution in [0.15, 0.2) is 42.5 Å². The molecule has 1 atom stereocenters. The molecule has 0 aliphatic rings. The Hall–Kier alpha value is -3.35. The second-order valence-electron chi connectivity index (χ2n) is 6.04. The molecule has 0 saturated heterocycles. The Labute approximate surface area is 157 Å². The third-order valence-electron chi connectivity index (χ3n) is 3.90. The van der Waals surface area contributed by atoms with Gasteiger partial charge in [0.15, 0.2) is 12.7 Å². The van der Waals surface area contributed by atoms with Crippen LogP contribution in [0.1, 0.15) is 28.4 Å². The largest absolute Gasteiger partial charge is 0.481 e. The van der Waals surface area contributed by atoms with Gasteiger partial charge in [-0.15, -0.1) is 0 Å². The van der Waals surface area contributed by atoms with E-state index < -0.39 is 30.5 Å². The zero-order valence-corrected chi connectivity index (χ0v) is 15.4. The number of aryl methyl sites for hydroxylation is 2. The van der Waals surface area contributed by atoms with Crippen molar-refractivity contribution in [1.82, 2.24) is 0 Å². The molecule has 0 saturated carbocycles. The fourth-order valence-corrected chi connectivity index (χ4v) is 2.45. The average molecular weight is 370 g/mol. The summed E-state index contributed by atoms with van der Waals surface area (Å²) in [5.41, 5.74) is 7.92. The highest BCUT2D eigenvalue weighted by molar-refractivity contribution is 5.97. The zero-order chi connectivity index (χ0) is 20.0. The highest BCUT2D eigenvalue weighted by Crippen LogP contribution is 2.20. The number of para-hydroxylation sites is 2. The Bertz CT molecular complexity index is 843. The summed E-state index contributed by atoms with van der Waals surface area (Å²) in [7, 11) is 0. The molecule has 2 aromatic carbocycles. The molecule has 0 fully saturated rings. The maximum absolute atomic E-state index is 12.3. The number of amides is 2. The van der Waals surface area contributed by atoms with Crippen LogP contribution < -0.4 is 15.8 Å². The van der Waals surface area contributed by atoms with Crippen LogP contribution in [-0.2, 0) is 14.3 Å². The topological polar surface area (TPSA) is 108 Å². The number of nitrogens with two attached hydrogens (primary N) is 1. The summed E-state index contributed by atoms with van der Waals surface area (Å²) in [6.45, 7) is 4.77. The molecule has 7 nitrogen and oxygen atoms in total. The first-order valence-electron chi connectivity index (χ1n) is 8.37. The van der Waals surface area contributed by atoms with Gasteiger partial charge in [-0.2, -0.15) is 0 Å². The first-order chi connectivity index (χ1) is 12.8. The maximum Gasteiger partial charge on any atom is 0.344 e. The van der Waals surface area contributed by atoms with E-state index in [1.54, 1.807) is 12.1 Å². The first kappa shape index (κ1) is 20.0. The van der Waals surface area contributed by atoms with Crippen LogP contribution in [0.5, 0.6) is 5.75 Å². The summed E-state index contributed by atoms with van der Waals surface area (Å²) < 4.78 is 10.4. The highest BCUT2D eigenvalue weighted by atomic mass is 16.6. The lowest BCUT2D eigenvalue weighted by Gasteiger charge is -2.16. The molecule has 27 heavy (non-hydrogen) atoms. The van der Waals surface area contributed by atoms with E-state index in [1.165, 1.54) is 19.1 Å². The second-order valence-corrected chi connectivity index (χ2v) is 6.04.